The van der Waals surface area contributed by atoms with Gasteiger partial charge in [0.15, 0.2) is 5.65 Å². The smallest absolute Gasteiger partial charge is 0.452 e. The van der Waals surface area contributed by atoms with Crippen LogP contribution in [-0.2, 0) is 27.5 Å². The number of alkyl halides is 3. The number of hydrogen-bond acceptors (Lipinski definition) is 7. The molecule has 1 fully saturated rings. The summed E-state index contributed by atoms with van der Waals surface area (Å²) in [6.07, 6.45) is -0.582. The van der Waals surface area contributed by atoms with Crippen LogP contribution >= 0.6 is 11.6 Å². The Morgan fingerprint density at radius 3 is 2.69 bits per heavy atom. The van der Waals surface area contributed by atoms with E-state index in [1.807, 2.05) is 4.90 Å². The van der Waals surface area contributed by atoms with Gasteiger partial charge in [0.05, 0.1) is 12.6 Å². The molecule has 2 aliphatic rings. The van der Waals surface area contributed by atoms with Gasteiger partial charge in [0, 0.05) is 42.8 Å². The van der Waals surface area contributed by atoms with Crippen LogP contribution in [0.15, 0.2) is 47.6 Å². The first kappa shape index (κ1) is 31.2. The van der Waals surface area contributed by atoms with E-state index in [1.54, 1.807) is 12.1 Å². The number of carbonyl (C=O) groups is 1. The highest BCUT2D eigenvalue weighted by atomic mass is 35.5. The second kappa shape index (κ2) is 11.5. The second-order valence-corrected chi connectivity index (χ2v) is 13.5. The third-order valence-corrected chi connectivity index (χ3v) is 10.6. The van der Waals surface area contributed by atoms with Crippen molar-refractivity contribution in [3.8, 4) is 0 Å². The van der Waals surface area contributed by atoms with Gasteiger partial charge in [-0.15, -0.1) is 10.2 Å². The highest BCUT2D eigenvalue weighted by Crippen LogP contribution is 2.39. The lowest BCUT2D eigenvalue weighted by molar-refractivity contribution is -0.145. The van der Waals surface area contributed by atoms with Crippen molar-refractivity contribution in [2.75, 3.05) is 18.0 Å². The van der Waals surface area contributed by atoms with Crippen molar-refractivity contribution in [3.63, 3.8) is 0 Å². The number of anilines is 1. The Labute approximate surface area is 260 Å². The van der Waals surface area contributed by atoms with E-state index in [9.17, 15) is 35.9 Å². The molecule has 2 atom stereocenters. The predicted molar refractivity (Wildman–Crippen MR) is 155 cm³/mol. The first-order chi connectivity index (χ1) is 21.3. The number of nitrogens with zero attached hydrogens (tertiary/aromatic N) is 6. The molecular weight excluding hydrogens is 640 g/mol. The quantitative estimate of drug-likeness (QED) is 0.271. The summed E-state index contributed by atoms with van der Waals surface area (Å²) in [5, 5.41) is 17.0. The van der Waals surface area contributed by atoms with Crippen LogP contribution in [0.25, 0.3) is 5.65 Å². The number of hydrogen-bond donors (Lipinski definition) is 1. The van der Waals surface area contributed by atoms with Crippen LogP contribution in [0.3, 0.4) is 0 Å². The second-order valence-electron chi connectivity index (χ2n) is 11.2. The van der Waals surface area contributed by atoms with Crippen molar-refractivity contribution < 1.29 is 35.9 Å². The lowest BCUT2D eigenvalue weighted by atomic mass is 9.86. The molecule has 1 aromatic carbocycles. The summed E-state index contributed by atoms with van der Waals surface area (Å²) in [6, 6.07) is 6.90. The zero-order chi connectivity index (χ0) is 32.3. The number of aryl methyl sites for hydroxylation is 1. The molecular formula is C29H27ClF4N6O4S. The van der Waals surface area contributed by atoms with Crippen molar-refractivity contribution in [1.29, 1.82) is 0 Å². The topological polar surface area (TPSA) is 121 Å². The average molecular weight is 667 g/mol. The molecule has 0 saturated carbocycles. The number of benzene rings is 1. The van der Waals surface area contributed by atoms with E-state index in [2.05, 4.69) is 15.2 Å². The van der Waals surface area contributed by atoms with Crippen molar-refractivity contribution in [3.05, 3.63) is 81.6 Å². The minimum absolute atomic E-state index is 0.0726. The van der Waals surface area contributed by atoms with Gasteiger partial charge in [-0.05, 0) is 66.6 Å². The van der Waals surface area contributed by atoms with Gasteiger partial charge in [-0.2, -0.15) is 17.5 Å². The van der Waals surface area contributed by atoms with E-state index in [1.165, 1.54) is 23.4 Å². The highest BCUT2D eigenvalue weighted by molar-refractivity contribution is 7.89. The van der Waals surface area contributed by atoms with Crippen LogP contribution < -0.4 is 4.90 Å². The van der Waals surface area contributed by atoms with Crippen LogP contribution in [0.5, 0.6) is 0 Å². The van der Waals surface area contributed by atoms with Crippen molar-refractivity contribution in [2.24, 2.45) is 0 Å². The van der Waals surface area contributed by atoms with Gasteiger partial charge in [-0.25, -0.2) is 17.8 Å². The fourth-order valence-corrected chi connectivity index (χ4v) is 8.08. The first-order valence-electron chi connectivity index (χ1n) is 14.1. The number of aliphatic carboxylic acids is 1. The predicted octanol–water partition coefficient (Wildman–Crippen LogP) is 5.41. The number of carboxylic acids is 1. The number of fused-ring (bicyclic) bond motifs is 4. The van der Waals surface area contributed by atoms with Gasteiger partial charge in [-0.3, -0.25) is 9.20 Å². The molecule has 5 heterocycles. The summed E-state index contributed by atoms with van der Waals surface area (Å²) in [6.45, 7) is 2.03. The SMILES string of the molecule is Cc1c(C(CC(=O)O)c2ccc(Cl)c(CN3CC4CCCCN4c4ncc(F)cc4S3(=O)=O)c2)ccn2c(C(F)(F)F)nnc12. The zero-order valence-electron chi connectivity index (χ0n) is 23.8. The van der Waals surface area contributed by atoms with Gasteiger partial charge in [0.2, 0.25) is 15.8 Å². The summed E-state index contributed by atoms with van der Waals surface area (Å²) in [5.74, 6) is -3.79. The Kier molecular flexibility index (Phi) is 7.98. The van der Waals surface area contributed by atoms with Crippen LogP contribution in [0.2, 0.25) is 5.02 Å². The number of carboxylic acid groups (broad SMARTS) is 1. The van der Waals surface area contributed by atoms with E-state index >= 15 is 0 Å². The fraction of sp³-hybridized carbons (Fsp3) is 0.379. The molecule has 0 spiro atoms. The third-order valence-electron chi connectivity index (χ3n) is 8.42. The zero-order valence-corrected chi connectivity index (χ0v) is 25.4. The normalized spacial score (nSPS) is 19.2. The molecule has 2 aliphatic heterocycles. The average Bonchev–Trinajstić information content (AvgIpc) is 3.40. The van der Waals surface area contributed by atoms with E-state index in [-0.39, 0.29) is 40.5 Å². The number of piperidine rings is 1. The molecule has 0 radical (unpaired) electrons. The first-order valence-corrected chi connectivity index (χ1v) is 15.9. The van der Waals surface area contributed by atoms with E-state index < -0.39 is 46.1 Å². The van der Waals surface area contributed by atoms with E-state index in [0.717, 1.165) is 35.7 Å². The van der Waals surface area contributed by atoms with Gasteiger partial charge in [-0.1, -0.05) is 23.7 Å². The molecule has 3 aromatic heterocycles. The molecule has 2 unspecified atom stereocenters. The van der Waals surface area contributed by atoms with E-state index in [0.29, 0.717) is 35.2 Å². The van der Waals surface area contributed by atoms with Crippen molar-refractivity contribution in [2.45, 2.75) is 62.2 Å². The molecule has 0 amide bonds. The number of pyridine rings is 2. The molecule has 1 N–H and O–H groups in total. The van der Waals surface area contributed by atoms with Gasteiger partial charge < -0.3 is 10.0 Å². The Bertz CT molecular complexity index is 1920. The minimum atomic E-state index is -4.75. The molecule has 10 nitrogen and oxygen atoms in total. The molecule has 238 valence electrons. The summed E-state index contributed by atoms with van der Waals surface area (Å²) >= 11 is 6.57. The number of rotatable bonds is 6. The number of halogens is 5. The summed E-state index contributed by atoms with van der Waals surface area (Å²) in [5.41, 5.74) is 1.48. The maximum atomic E-state index is 14.3. The molecule has 1 saturated heterocycles. The van der Waals surface area contributed by atoms with Crippen LogP contribution in [0.1, 0.15) is 59.7 Å². The maximum absolute atomic E-state index is 14.3. The third kappa shape index (κ3) is 5.72. The number of sulfonamides is 1. The summed E-state index contributed by atoms with van der Waals surface area (Å²) in [4.78, 5) is 17.8. The van der Waals surface area contributed by atoms with Crippen molar-refractivity contribution >= 4 is 39.1 Å². The molecule has 16 heteroatoms. The molecule has 4 aromatic rings. The summed E-state index contributed by atoms with van der Waals surface area (Å²) in [7, 11) is -4.23. The Morgan fingerprint density at radius 1 is 1.18 bits per heavy atom. The molecule has 0 bridgehead atoms. The van der Waals surface area contributed by atoms with Gasteiger partial charge >= 0.3 is 12.1 Å². The standard InChI is InChI=1S/C29H27ClF4N6O4S/c1-16-21(7-9-40-26(16)36-37-28(40)29(32,33)34)22(12-25(41)42)17-5-6-23(30)18(10-17)14-38-15-20-4-2-3-8-39(20)27-24(45(38,43)44)11-19(31)13-35-27/h5-7,9-11,13,20,22H,2-4,8,12,14-15H2,1H3,(H,41,42). The maximum Gasteiger partial charge on any atom is 0.452 e. The van der Waals surface area contributed by atoms with Gasteiger partial charge in [0.25, 0.3) is 0 Å². The largest absolute Gasteiger partial charge is 0.481 e. The summed E-state index contributed by atoms with van der Waals surface area (Å²) < 4.78 is 84.6. The van der Waals surface area contributed by atoms with Crippen LogP contribution in [0, 0.1) is 12.7 Å². The van der Waals surface area contributed by atoms with E-state index in [4.69, 9.17) is 11.6 Å². The van der Waals surface area contributed by atoms with Crippen LogP contribution in [0.4, 0.5) is 23.4 Å². The van der Waals surface area contributed by atoms with Crippen molar-refractivity contribution in [1.82, 2.24) is 23.9 Å². The minimum Gasteiger partial charge on any atom is -0.481 e. The Balaban J connectivity index is 1.41. The van der Waals surface area contributed by atoms with Gasteiger partial charge in [0.1, 0.15) is 16.5 Å². The molecule has 0 aliphatic carbocycles. The lowest BCUT2D eigenvalue weighted by Gasteiger charge is -2.36. The number of aromatic nitrogens is 4. The van der Waals surface area contributed by atoms with Crippen LogP contribution in [-0.4, -0.2) is 62.5 Å². The molecule has 6 rings (SSSR count). The Hall–Kier alpha value is -3.82. The fourth-order valence-electron chi connectivity index (χ4n) is 6.28. The molecule has 45 heavy (non-hydrogen) atoms. The Morgan fingerprint density at radius 2 is 1.96 bits per heavy atom. The highest BCUT2D eigenvalue weighted by Gasteiger charge is 2.40. The monoisotopic (exact) mass is 666 g/mol. The lowest BCUT2D eigenvalue weighted by Crippen LogP contribution is -2.45.